The topological polar surface area (TPSA) is 93.3 Å². The van der Waals surface area contributed by atoms with Crippen molar-refractivity contribution in [3.63, 3.8) is 0 Å². The molecular formula is C16H17BrClN5O. The summed E-state index contributed by atoms with van der Waals surface area (Å²) in [7, 11) is 0. The van der Waals surface area contributed by atoms with Crippen LogP contribution in [0.15, 0.2) is 27.3 Å². The molecule has 1 aromatic heterocycles. The van der Waals surface area contributed by atoms with Crippen molar-refractivity contribution in [3.05, 3.63) is 38.9 Å². The predicted molar refractivity (Wildman–Crippen MR) is 98.3 cm³/mol. The van der Waals surface area contributed by atoms with Gasteiger partial charge in [0.25, 0.3) is 0 Å². The number of aromatic nitrogens is 2. The molecule has 2 heterocycles. The Balaban J connectivity index is 2.06. The van der Waals surface area contributed by atoms with Gasteiger partial charge in [-0.25, -0.2) is 9.97 Å². The number of amides is 1. The third-order valence-corrected chi connectivity index (χ3v) is 4.81. The molecule has 1 saturated heterocycles. The fraction of sp³-hybridized carbons (Fsp3) is 0.375. The summed E-state index contributed by atoms with van der Waals surface area (Å²) in [5.74, 6) is -0.370. The van der Waals surface area contributed by atoms with Crippen LogP contribution < -0.4 is 11.1 Å². The van der Waals surface area contributed by atoms with Crippen LogP contribution in [-0.2, 0) is 4.79 Å². The van der Waals surface area contributed by atoms with Crippen molar-refractivity contribution in [2.24, 2.45) is 10.9 Å². The lowest BCUT2D eigenvalue weighted by Crippen LogP contribution is -2.21. The molecule has 0 aromatic carbocycles. The number of nitrogens with one attached hydrogen (secondary N) is 1. The summed E-state index contributed by atoms with van der Waals surface area (Å²) in [4.78, 5) is 25.2. The molecule has 1 fully saturated rings. The summed E-state index contributed by atoms with van der Waals surface area (Å²) < 4.78 is 1.03. The Morgan fingerprint density at radius 1 is 1.50 bits per heavy atom. The van der Waals surface area contributed by atoms with E-state index in [-0.39, 0.29) is 22.9 Å². The first-order valence-corrected chi connectivity index (χ1v) is 8.88. The van der Waals surface area contributed by atoms with Gasteiger partial charge < -0.3 is 11.1 Å². The van der Waals surface area contributed by atoms with Crippen molar-refractivity contribution < 1.29 is 4.79 Å². The number of carbonyl (C=O) groups is 1. The lowest BCUT2D eigenvalue weighted by molar-refractivity contribution is -0.120. The summed E-state index contributed by atoms with van der Waals surface area (Å²) in [6.07, 6.45) is 7.12. The molecule has 3 N–H and O–H groups in total. The number of fused-ring (bicyclic) bond motifs is 1. The Kier molecular flexibility index (Phi) is 5.01. The zero-order valence-corrected chi connectivity index (χ0v) is 15.4. The van der Waals surface area contributed by atoms with Gasteiger partial charge >= 0.3 is 0 Å². The second-order valence-corrected chi connectivity index (χ2v) is 7.08. The van der Waals surface area contributed by atoms with Crippen molar-refractivity contribution in [1.82, 2.24) is 15.3 Å². The fourth-order valence-electron chi connectivity index (χ4n) is 2.97. The zero-order chi connectivity index (χ0) is 17.3. The highest BCUT2D eigenvalue weighted by Crippen LogP contribution is 2.43. The molecule has 8 heteroatoms. The van der Waals surface area contributed by atoms with E-state index in [4.69, 9.17) is 17.3 Å². The average Bonchev–Trinajstić information content (AvgIpc) is 2.84. The number of carbonyl (C=O) groups excluding carboxylic acids is 1. The molecule has 3 rings (SSSR count). The van der Waals surface area contributed by atoms with E-state index in [1.54, 1.807) is 6.21 Å². The second-order valence-electron chi connectivity index (χ2n) is 5.73. The molecule has 1 aromatic rings. The Morgan fingerprint density at radius 2 is 2.29 bits per heavy atom. The molecule has 0 spiro atoms. The number of rotatable bonds is 4. The van der Waals surface area contributed by atoms with Gasteiger partial charge in [0.1, 0.15) is 5.82 Å². The summed E-state index contributed by atoms with van der Waals surface area (Å²) >= 11 is 9.51. The third-order valence-electron chi connectivity index (χ3n) is 4.06. The summed E-state index contributed by atoms with van der Waals surface area (Å²) in [6.45, 7) is 2.70. The quantitative estimate of drug-likeness (QED) is 0.589. The smallest absolute Gasteiger partial charge is 0.234 e. The van der Waals surface area contributed by atoms with Crippen molar-refractivity contribution >= 4 is 45.5 Å². The zero-order valence-electron chi connectivity index (χ0n) is 13.1. The number of nitrogen functional groups attached to an aromatic ring is 1. The molecule has 1 aliphatic carbocycles. The molecule has 0 radical (unpaired) electrons. The van der Waals surface area contributed by atoms with Gasteiger partial charge in [-0.3, -0.25) is 9.79 Å². The first kappa shape index (κ1) is 17.1. The van der Waals surface area contributed by atoms with E-state index in [2.05, 4.69) is 36.2 Å². The lowest BCUT2D eigenvalue weighted by Gasteiger charge is -2.21. The van der Waals surface area contributed by atoms with Crippen LogP contribution >= 0.6 is 27.5 Å². The molecule has 0 bridgehead atoms. The van der Waals surface area contributed by atoms with E-state index >= 15 is 0 Å². The molecule has 6 nitrogen and oxygen atoms in total. The van der Waals surface area contributed by atoms with Gasteiger partial charge in [-0.1, -0.05) is 28.9 Å². The van der Waals surface area contributed by atoms with Crippen molar-refractivity contribution in [2.45, 2.75) is 25.7 Å². The van der Waals surface area contributed by atoms with Gasteiger partial charge in [0.2, 0.25) is 11.2 Å². The number of aliphatic imine (C=N–C) groups is 1. The van der Waals surface area contributed by atoms with Gasteiger partial charge in [-0.15, -0.1) is 0 Å². The summed E-state index contributed by atoms with van der Waals surface area (Å²) in [6, 6.07) is 0. The van der Waals surface area contributed by atoms with Crippen molar-refractivity contribution in [2.75, 3.05) is 12.3 Å². The molecule has 126 valence electrons. The van der Waals surface area contributed by atoms with E-state index in [0.29, 0.717) is 24.2 Å². The maximum Gasteiger partial charge on any atom is 0.234 e. The minimum atomic E-state index is -0.469. The fourth-order valence-corrected chi connectivity index (χ4v) is 3.63. The minimum absolute atomic E-state index is 0.0273. The van der Waals surface area contributed by atoms with E-state index < -0.39 is 5.92 Å². The Hall–Kier alpha value is -1.73. The van der Waals surface area contributed by atoms with Crippen molar-refractivity contribution in [1.29, 1.82) is 0 Å². The Bertz CT molecular complexity index is 774. The van der Waals surface area contributed by atoms with Crippen LogP contribution in [0.2, 0.25) is 5.28 Å². The molecule has 24 heavy (non-hydrogen) atoms. The Labute approximate surface area is 153 Å². The summed E-state index contributed by atoms with van der Waals surface area (Å²) in [5.41, 5.74) is 8.00. The van der Waals surface area contributed by atoms with Crippen LogP contribution in [0.25, 0.3) is 0 Å². The van der Waals surface area contributed by atoms with Crippen LogP contribution in [0.3, 0.4) is 0 Å². The standard InChI is InChI=1S/C16H17BrClN5O/c1-2-5-20-7-10-13(22-16(18)23-14(10)19)12-9-6-8(17)3-4-11(9)21-15(12)24/h3-4,7,9,12H,2,5-6H2,1H3,(H,21,24)(H2,19,22,23). The second kappa shape index (κ2) is 7.03. The van der Waals surface area contributed by atoms with E-state index in [1.165, 1.54) is 0 Å². The van der Waals surface area contributed by atoms with Crippen LogP contribution in [0.5, 0.6) is 0 Å². The highest BCUT2D eigenvalue weighted by molar-refractivity contribution is 9.11. The van der Waals surface area contributed by atoms with E-state index in [9.17, 15) is 4.79 Å². The lowest BCUT2D eigenvalue weighted by atomic mass is 9.84. The number of allylic oxidation sites excluding steroid dienone is 4. The molecule has 2 atom stereocenters. The van der Waals surface area contributed by atoms with Crippen LogP contribution in [0.4, 0.5) is 5.82 Å². The number of nitrogens with two attached hydrogens (primary N) is 1. The van der Waals surface area contributed by atoms with Crippen molar-refractivity contribution in [3.8, 4) is 0 Å². The van der Waals surface area contributed by atoms with Gasteiger partial charge in [-0.2, -0.15) is 0 Å². The summed E-state index contributed by atoms with van der Waals surface area (Å²) in [5, 5.41) is 2.96. The maximum atomic E-state index is 12.6. The normalized spacial score (nSPS) is 23.0. The maximum absolute atomic E-state index is 12.6. The molecule has 2 aliphatic rings. The average molecular weight is 411 g/mol. The molecular weight excluding hydrogens is 394 g/mol. The van der Waals surface area contributed by atoms with Gasteiger partial charge in [-0.05, 0) is 35.0 Å². The largest absolute Gasteiger partial charge is 0.383 e. The monoisotopic (exact) mass is 409 g/mol. The number of anilines is 1. The predicted octanol–water partition coefficient (Wildman–Crippen LogP) is 2.94. The van der Waals surface area contributed by atoms with Crippen LogP contribution in [0.1, 0.15) is 36.9 Å². The van der Waals surface area contributed by atoms with Gasteiger partial charge in [0.05, 0.1) is 17.2 Å². The number of hydrogen-bond acceptors (Lipinski definition) is 5. The number of hydrogen-bond donors (Lipinski definition) is 2. The first-order valence-electron chi connectivity index (χ1n) is 7.71. The molecule has 1 amide bonds. The molecule has 2 unspecified atom stereocenters. The number of nitrogens with zero attached hydrogens (tertiary/aromatic N) is 3. The van der Waals surface area contributed by atoms with E-state index in [1.807, 2.05) is 19.1 Å². The SMILES string of the molecule is CCCN=Cc1c(N)nc(Cl)nc1C1C(=O)NC2=CC=C(Br)CC21. The van der Waals surface area contributed by atoms with Gasteiger partial charge in [0.15, 0.2) is 0 Å². The molecule has 0 saturated carbocycles. The first-order chi connectivity index (χ1) is 11.5. The van der Waals surface area contributed by atoms with Crippen LogP contribution in [0, 0.1) is 5.92 Å². The number of halogens is 2. The van der Waals surface area contributed by atoms with E-state index in [0.717, 1.165) is 16.6 Å². The van der Waals surface area contributed by atoms with Gasteiger partial charge in [0, 0.05) is 24.4 Å². The highest BCUT2D eigenvalue weighted by atomic mass is 79.9. The minimum Gasteiger partial charge on any atom is -0.383 e. The molecule has 1 aliphatic heterocycles. The third kappa shape index (κ3) is 3.23. The Morgan fingerprint density at radius 3 is 3.04 bits per heavy atom. The van der Waals surface area contributed by atoms with Crippen LogP contribution in [-0.4, -0.2) is 28.6 Å². The highest BCUT2D eigenvalue weighted by Gasteiger charge is 2.43.